The molecule has 0 aromatic rings. The second-order valence-corrected chi connectivity index (χ2v) is 8.85. The summed E-state index contributed by atoms with van der Waals surface area (Å²) in [6.07, 6.45) is 15.8. The van der Waals surface area contributed by atoms with Gasteiger partial charge >= 0.3 is 5.97 Å². The summed E-state index contributed by atoms with van der Waals surface area (Å²) in [5.41, 5.74) is 1.47. The molecule has 2 N–H and O–H groups in total. The van der Waals surface area contributed by atoms with Crippen molar-refractivity contribution in [2.75, 3.05) is 0 Å². The van der Waals surface area contributed by atoms with Crippen molar-refractivity contribution in [1.82, 2.24) is 0 Å². The maximum absolute atomic E-state index is 10.8. The van der Waals surface area contributed by atoms with Crippen molar-refractivity contribution in [3.05, 3.63) is 36.0 Å². The number of aliphatic hydroxyl groups excluding tert-OH is 1. The van der Waals surface area contributed by atoms with Gasteiger partial charge in [0.15, 0.2) is 0 Å². The monoisotopic (exact) mass is 374 g/mol. The third-order valence-corrected chi connectivity index (χ3v) is 6.91. The summed E-state index contributed by atoms with van der Waals surface area (Å²) in [7, 11) is 0. The van der Waals surface area contributed by atoms with E-state index in [1.807, 2.05) is 6.08 Å². The summed E-state index contributed by atoms with van der Waals surface area (Å²) in [5, 5.41) is 19.5. The molecule has 0 bridgehead atoms. The maximum atomic E-state index is 10.8. The maximum Gasteiger partial charge on any atom is 0.328 e. The second kappa shape index (κ2) is 10.3. The number of aliphatic hydroxyl groups is 1. The van der Waals surface area contributed by atoms with E-state index < -0.39 is 5.97 Å². The molecule has 152 valence electrons. The van der Waals surface area contributed by atoms with Gasteiger partial charge in [-0.05, 0) is 68.1 Å². The van der Waals surface area contributed by atoms with E-state index in [9.17, 15) is 9.90 Å². The van der Waals surface area contributed by atoms with E-state index in [1.165, 1.54) is 24.5 Å². The van der Waals surface area contributed by atoms with E-state index in [0.29, 0.717) is 35.5 Å². The Bertz CT molecular complexity index is 574. The van der Waals surface area contributed by atoms with E-state index >= 15 is 0 Å². The Hall–Kier alpha value is -1.35. The Kier molecular flexibility index (Phi) is 8.34. The third kappa shape index (κ3) is 5.57. The fourth-order valence-corrected chi connectivity index (χ4v) is 5.69. The van der Waals surface area contributed by atoms with Crippen LogP contribution in [-0.2, 0) is 4.79 Å². The summed E-state index contributed by atoms with van der Waals surface area (Å²) in [4.78, 5) is 10.8. The lowest BCUT2D eigenvalue weighted by Crippen LogP contribution is -2.48. The van der Waals surface area contributed by atoms with Crippen LogP contribution in [0.25, 0.3) is 0 Å². The quantitative estimate of drug-likeness (QED) is 0.263. The molecule has 0 amide bonds. The smallest absolute Gasteiger partial charge is 0.328 e. The first-order chi connectivity index (χ1) is 12.9. The van der Waals surface area contributed by atoms with E-state index in [-0.39, 0.29) is 6.10 Å². The van der Waals surface area contributed by atoms with Gasteiger partial charge in [0.2, 0.25) is 0 Å². The molecule has 7 atom stereocenters. The third-order valence-electron chi connectivity index (χ3n) is 6.91. The molecule has 0 aliphatic heterocycles. The SMILES string of the molecule is CCCCC=C(C)[C@H]1[C@@H](C=CC=CC(=O)O)[C@H]2[C@@H](C[C@@H]1C)[C@@H](O)CC[C@@H]2C. The zero-order chi connectivity index (χ0) is 20.0. The molecule has 0 heterocycles. The molecular weight excluding hydrogens is 336 g/mol. The minimum absolute atomic E-state index is 0.190. The number of unbranched alkanes of at least 4 members (excludes halogenated alkanes) is 2. The molecule has 2 fully saturated rings. The topological polar surface area (TPSA) is 57.5 Å². The molecule has 2 saturated carbocycles. The highest BCUT2D eigenvalue weighted by Gasteiger charge is 2.48. The number of allylic oxidation sites excluding steroid dienone is 5. The normalized spacial score (nSPS) is 37.7. The zero-order valence-electron chi connectivity index (χ0n) is 17.5. The molecule has 2 aliphatic rings. The Morgan fingerprint density at radius 3 is 2.56 bits per heavy atom. The van der Waals surface area contributed by atoms with Crippen molar-refractivity contribution >= 4 is 5.97 Å². The minimum Gasteiger partial charge on any atom is -0.478 e. The largest absolute Gasteiger partial charge is 0.478 e. The van der Waals surface area contributed by atoms with Gasteiger partial charge in [-0.2, -0.15) is 0 Å². The van der Waals surface area contributed by atoms with Crippen molar-refractivity contribution in [2.24, 2.45) is 35.5 Å². The Morgan fingerprint density at radius 1 is 1.15 bits per heavy atom. The predicted octanol–water partition coefficient (Wildman–Crippen LogP) is 5.62. The number of carboxylic acid groups (broad SMARTS) is 1. The summed E-state index contributed by atoms with van der Waals surface area (Å²) in [6, 6.07) is 0. The molecule has 0 unspecified atom stereocenters. The van der Waals surface area contributed by atoms with Crippen LogP contribution in [0.4, 0.5) is 0 Å². The molecule has 27 heavy (non-hydrogen) atoms. The zero-order valence-corrected chi connectivity index (χ0v) is 17.5. The molecule has 0 spiro atoms. The number of fused-ring (bicyclic) bond motifs is 1. The Morgan fingerprint density at radius 2 is 1.89 bits per heavy atom. The number of carboxylic acids is 1. The van der Waals surface area contributed by atoms with Gasteiger partial charge in [0.05, 0.1) is 6.10 Å². The number of carbonyl (C=O) groups is 1. The number of aliphatic carboxylic acids is 1. The van der Waals surface area contributed by atoms with E-state index in [2.05, 4.69) is 39.8 Å². The molecule has 0 saturated heterocycles. The lowest BCUT2D eigenvalue weighted by Gasteiger charge is -2.52. The summed E-state index contributed by atoms with van der Waals surface area (Å²) < 4.78 is 0. The van der Waals surface area contributed by atoms with Gasteiger partial charge in [-0.3, -0.25) is 0 Å². The molecule has 2 aliphatic carbocycles. The van der Waals surface area contributed by atoms with Crippen molar-refractivity contribution in [3.8, 4) is 0 Å². The van der Waals surface area contributed by atoms with E-state index in [4.69, 9.17) is 5.11 Å². The highest BCUT2D eigenvalue weighted by atomic mass is 16.4. The first-order valence-corrected chi connectivity index (χ1v) is 10.8. The summed E-state index contributed by atoms with van der Waals surface area (Å²) in [5.74, 6) is 1.88. The summed E-state index contributed by atoms with van der Waals surface area (Å²) >= 11 is 0. The van der Waals surface area contributed by atoms with Gasteiger partial charge in [-0.25, -0.2) is 4.79 Å². The molecule has 0 aromatic heterocycles. The Labute approximate surface area is 165 Å². The van der Waals surface area contributed by atoms with E-state index in [1.54, 1.807) is 6.08 Å². The minimum atomic E-state index is -0.914. The average molecular weight is 375 g/mol. The van der Waals surface area contributed by atoms with Gasteiger partial charge in [0.1, 0.15) is 0 Å². The van der Waals surface area contributed by atoms with Gasteiger partial charge in [0.25, 0.3) is 0 Å². The van der Waals surface area contributed by atoms with Crippen LogP contribution in [-0.4, -0.2) is 22.3 Å². The van der Waals surface area contributed by atoms with Crippen LogP contribution in [0, 0.1) is 35.5 Å². The standard InChI is InChI=1S/C24H38O3/c1-5-6-7-10-16(2)23-18(4)15-20-21(25)14-13-17(3)24(20)19(23)11-8-9-12-22(26)27/h8-12,17-21,23-25H,5-7,13-15H2,1-4H3,(H,26,27)/t17-,18-,19+,20-,21-,23+,24-/m0/s1. The average Bonchev–Trinajstić information content (AvgIpc) is 2.61. The second-order valence-electron chi connectivity index (χ2n) is 8.85. The molecular formula is C24H38O3. The first-order valence-electron chi connectivity index (χ1n) is 10.8. The van der Waals surface area contributed by atoms with Crippen molar-refractivity contribution < 1.29 is 15.0 Å². The van der Waals surface area contributed by atoms with Crippen LogP contribution in [0.3, 0.4) is 0 Å². The number of hydrogen-bond acceptors (Lipinski definition) is 2. The summed E-state index contributed by atoms with van der Waals surface area (Å²) in [6.45, 7) is 9.16. The van der Waals surface area contributed by atoms with Crippen LogP contribution in [0.15, 0.2) is 36.0 Å². The Balaban J connectivity index is 2.33. The van der Waals surface area contributed by atoms with Gasteiger partial charge in [0, 0.05) is 6.08 Å². The van der Waals surface area contributed by atoms with Gasteiger partial charge < -0.3 is 10.2 Å². The van der Waals surface area contributed by atoms with E-state index in [0.717, 1.165) is 25.7 Å². The van der Waals surface area contributed by atoms with Crippen molar-refractivity contribution in [1.29, 1.82) is 0 Å². The number of hydrogen-bond donors (Lipinski definition) is 2. The first kappa shape index (κ1) is 21.9. The van der Waals surface area contributed by atoms with Crippen LogP contribution < -0.4 is 0 Å². The van der Waals surface area contributed by atoms with Crippen LogP contribution in [0.1, 0.15) is 66.2 Å². The van der Waals surface area contributed by atoms with Crippen molar-refractivity contribution in [3.63, 3.8) is 0 Å². The highest BCUT2D eigenvalue weighted by Crippen LogP contribution is 2.53. The molecule has 2 rings (SSSR count). The lowest BCUT2D eigenvalue weighted by atomic mass is 9.53. The van der Waals surface area contributed by atoms with Gasteiger partial charge in [-0.1, -0.05) is 63.5 Å². The van der Waals surface area contributed by atoms with Crippen LogP contribution in [0.2, 0.25) is 0 Å². The molecule has 3 nitrogen and oxygen atoms in total. The number of rotatable bonds is 7. The highest BCUT2D eigenvalue weighted by molar-refractivity contribution is 5.80. The fraction of sp³-hybridized carbons (Fsp3) is 0.708. The van der Waals surface area contributed by atoms with Gasteiger partial charge in [-0.15, -0.1) is 0 Å². The molecule has 0 radical (unpaired) electrons. The lowest BCUT2D eigenvalue weighted by molar-refractivity contribution is -0.131. The van der Waals surface area contributed by atoms with Crippen molar-refractivity contribution in [2.45, 2.75) is 72.3 Å². The van der Waals surface area contributed by atoms with Crippen LogP contribution in [0.5, 0.6) is 0 Å². The predicted molar refractivity (Wildman–Crippen MR) is 111 cm³/mol. The van der Waals surface area contributed by atoms with Crippen LogP contribution >= 0.6 is 0 Å². The fourth-order valence-electron chi connectivity index (χ4n) is 5.69. The molecule has 0 aromatic carbocycles. The molecule has 3 heteroatoms.